The van der Waals surface area contributed by atoms with E-state index < -0.39 is 0 Å². The highest BCUT2D eigenvalue weighted by molar-refractivity contribution is 7.10. The van der Waals surface area contributed by atoms with Crippen LogP contribution in [-0.2, 0) is 4.74 Å². The Hall–Kier alpha value is -0.420. The topological polar surface area (TPSA) is 24.5 Å². The largest absolute Gasteiger partial charge is 0.374 e. The molecule has 4 heteroatoms. The lowest BCUT2D eigenvalue weighted by molar-refractivity contribution is -0.0201. The number of nitrogens with one attached hydrogen (secondary N) is 1. The van der Waals surface area contributed by atoms with Crippen molar-refractivity contribution >= 4 is 11.3 Å². The van der Waals surface area contributed by atoms with Gasteiger partial charge in [0.25, 0.3) is 0 Å². The highest BCUT2D eigenvalue weighted by Crippen LogP contribution is 2.28. The molecule has 84 valence electrons. The van der Waals surface area contributed by atoms with E-state index in [0.29, 0.717) is 6.04 Å². The van der Waals surface area contributed by atoms with Gasteiger partial charge in [-0.3, -0.25) is 4.90 Å². The lowest BCUT2D eigenvalue weighted by Gasteiger charge is -2.34. The summed E-state index contributed by atoms with van der Waals surface area (Å²) in [5, 5.41) is 5.51. The van der Waals surface area contributed by atoms with E-state index in [2.05, 4.69) is 41.8 Å². The predicted molar refractivity (Wildman–Crippen MR) is 63.4 cm³/mol. The van der Waals surface area contributed by atoms with Crippen LogP contribution in [0.2, 0.25) is 0 Å². The van der Waals surface area contributed by atoms with E-state index in [4.69, 9.17) is 4.74 Å². The van der Waals surface area contributed by atoms with Crippen molar-refractivity contribution in [1.29, 1.82) is 0 Å². The van der Waals surface area contributed by atoms with Gasteiger partial charge in [-0.05, 0) is 25.5 Å². The fraction of sp³-hybridized carbons (Fsp3) is 0.636. The summed E-state index contributed by atoms with van der Waals surface area (Å²) in [5.74, 6) is 0. The summed E-state index contributed by atoms with van der Waals surface area (Å²) in [6.07, 6.45) is 0.271. The van der Waals surface area contributed by atoms with Crippen molar-refractivity contribution in [2.75, 3.05) is 33.8 Å². The highest BCUT2D eigenvalue weighted by Gasteiger charge is 2.28. The standard InChI is InChI=1S/C11H18N2OS/c1-13(2)11(10-4-3-7-15-10)9-8-12-5-6-14-9/h3-4,7,9,11-12H,5-6,8H2,1-2H3. The van der Waals surface area contributed by atoms with E-state index >= 15 is 0 Å². The third kappa shape index (κ3) is 2.58. The van der Waals surface area contributed by atoms with Crippen molar-refractivity contribution in [2.45, 2.75) is 12.1 Å². The average molecular weight is 226 g/mol. The molecule has 0 aromatic carbocycles. The van der Waals surface area contributed by atoms with Crippen molar-refractivity contribution in [3.8, 4) is 0 Å². The first-order valence-electron chi connectivity index (χ1n) is 5.31. The van der Waals surface area contributed by atoms with Gasteiger partial charge in [-0.2, -0.15) is 0 Å². The molecule has 1 saturated heterocycles. The number of morpholine rings is 1. The number of thiophene rings is 1. The van der Waals surface area contributed by atoms with Gasteiger partial charge in [0, 0.05) is 18.0 Å². The molecule has 1 aromatic rings. The predicted octanol–water partition coefficient (Wildman–Crippen LogP) is 1.34. The van der Waals surface area contributed by atoms with Gasteiger partial charge in [0.15, 0.2) is 0 Å². The van der Waals surface area contributed by atoms with Crippen LogP contribution in [0.5, 0.6) is 0 Å². The second kappa shape index (κ2) is 5.07. The van der Waals surface area contributed by atoms with Crippen molar-refractivity contribution in [3.05, 3.63) is 22.4 Å². The Balaban J connectivity index is 2.12. The first-order chi connectivity index (χ1) is 7.29. The van der Waals surface area contributed by atoms with E-state index in [9.17, 15) is 0 Å². The van der Waals surface area contributed by atoms with Crippen LogP contribution in [0.1, 0.15) is 10.9 Å². The Kier molecular flexibility index (Phi) is 3.75. The number of nitrogens with zero attached hydrogens (tertiary/aromatic N) is 1. The molecule has 2 heterocycles. The first kappa shape index (κ1) is 11.1. The van der Waals surface area contributed by atoms with Crippen LogP contribution in [0.3, 0.4) is 0 Å². The molecule has 0 spiro atoms. The zero-order valence-electron chi connectivity index (χ0n) is 9.27. The molecule has 2 unspecified atom stereocenters. The molecular formula is C11H18N2OS. The smallest absolute Gasteiger partial charge is 0.0904 e. The fourth-order valence-corrected chi connectivity index (χ4v) is 2.99. The van der Waals surface area contributed by atoms with E-state index in [-0.39, 0.29) is 6.10 Å². The number of ether oxygens (including phenoxy) is 1. The molecule has 1 N–H and O–H groups in total. The molecule has 1 fully saturated rings. The molecule has 1 aliphatic rings. The van der Waals surface area contributed by atoms with Gasteiger partial charge in [-0.1, -0.05) is 6.07 Å². The monoisotopic (exact) mass is 226 g/mol. The maximum Gasteiger partial charge on any atom is 0.0904 e. The molecular weight excluding hydrogens is 208 g/mol. The zero-order chi connectivity index (χ0) is 10.7. The third-order valence-electron chi connectivity index (χ3n) is 2.70. The minimum absolute atomic E-state index is 0.271. The molecule has 0 amide bonds. The van der Waals surface area contributed by atoms with Gasteiger partial charge in [0.05, 0.1) is 18.8 Å². The highest BCUT2D eigenvalue weighted by atomic mass is 32.1. The van der Waals surface area contributed by atoms with Crippen LogP contribution in [0.15, 0.2) is 17.5 Å². The minimum Gasteiger partial charge on any atom is -0.374 e. The SMILES string of the molecule is CN(C)C(c1cccs1)C1CNCCO1. The van der Waals surface area contributed by atoms with Crippen molar-refractivity contribution < 1.29 is 4.74 Å². The van der Waals surface area contributed by atoms with Crippen LogP contribution in [-0.4, -0.2) is 44.8 Å². The van der Waals surface area contributed by atoms with Crippen LogP contribution < -0.4 is 5.32 Å². The second-order valence-corrected chi connectivity index (χ2v) is 5.02. The Morgan fingerprint density at radius 1 is 1.60 bits per heavy atom. The van der Waals surface area contributed by atoms with Crippen LogP contribution in [0.4, 0.5) is 0 Å². The summed E-state index contributed by atoms with van der Waals surface area (Å²) >= 11 is 1.80. The van der Waals surface area contributed by atoms with Gasteiger partial charge in [-0.15, -0.1) is 11.3 Å². The third-order valence-corrected chi connectivity index (χ3v) is 3.64. The summed E-state index contributed by atoms with van der Waals surface area (Å²) in [7, 11) is 4.23. The molecule has 2 rings (SSSR count). The molecule has 1 aromatic heterocycles. The van der Waals surface area contributed by atoms with Gasteiger partial charge in [0.1, 0.15) is 0 Å². The summed E-state index contributed by atoms with van der Waals surface area (Å²) in [6.45, 7) is 2.74. The molecule has 2 atom stereocenters. The zero-order valence-corrected chi connectivity index (χ0v) is 10.1. The average Bonchev–Trinajstić information content (AvgIpc) is 2.72. The maximum absolute atomic E-state index is 5.83. The Morgan fingerprint density at radius 2 is 2.47 bits per heavy atom. The quantitative estimate of drug-likeness (QED) is 0.842. The van der Waals surface area contributed by atoms with Crippen molar-refractivity contribution in [1.82, 2.24) is 10.2 Å². The van der Waals surface area contributed by atoms with Crippen molar-refractivity contribution in [3.63, 3.8) is 0 Å². The lowest BCUT2D eigenvalue weighted by Crippen LogP contribution is -2.45. The summed E-state index contributed by atoms with van der Waals surface area (Å²) < 4.78 is 5.83. The molecule has 3 nitrogen and oxygen atoms in total. The second-order valence-electron chi connectivity index (χ2n) is 4.04. The Labute approximate surface area is 95.0 Å². The summed E-state index contributed by atoms with van der Waals surface area (Å²) in [6, 6.07) is 4.66. The van der Waals surface area contributed by atoms with Gasteiger partial charge in [0.2, 0.25) is 0 Å². The van der Waals surface area contributed by atoms with E-state index in [0.717, 1.165) is 19.7 Å². The molecule has 0 radical (unpaired) electrons. The van der Waals surface area contributed by atoms with Crippen LogP contribution in [0.25, 0.3) is 0 Å². The van der Waals surface area contributed by atoms with E-state index in [1.807, 2.05) is 0 Å². The Bertz CT molecular complexity index is 281. The summed E-state index contributed by atoms with van der Waals surface area (Å²) in [4.78, 5) is 3.62. The number of hydrogen-bond acceptors (Lipinski definition) is 4. The Morgan fingerprint density at radius 3 is 3.00 bits per heavy atom. The van der Waals surface area contributed by atoms with Crippen LogP contribution in [0, 0.1) is 0 Å². The maximum atomic E-state index is 5.83. The summed E-state index contributed by atoms with van der Waals surface area (Å²) in [5.41, 5.74) is 0. The fourth-order valence-electron chi connectivity index (χ4n) is 2.02. The molecule has 0 saturated carbocycles. The van der Waals surface area contributed by atoms with Crippen LogP contribution >= 0.6 is 11.3 Å². The number of likely N-dealkylation sites (N-methyl/N-ethyl adjacent to an activating group) is 1. The molecule has 0 aliphatic carbocycles. The van der Waals surface area contributed by atoms with Crippen molar-refractivity contribution in [2.24, 2.45) is 0 Å². The van der Waals surface area contributed by atoms with Gasteiger partial charge >= 0.3 is 0 Å². The first-order valence-corrected chi connectivity index (χ1v) is 6.19. The molecule has 0 bridgehead atoms. The minimum atomic E-state index is 0.271. The van der Waals surface area contributed by atoms with Gasteiger partial charge in [-0.25, -0.2) is 0 Å². The molecule has 1 aliphatic heterocycles. The van der Waals surface area contributed by atoms with E-state index in [1.54, 1.807) is 11.3 Å². The lowest BCUT2D eigenvalue weighted by atomic mass is 10.1. The number of hydrogen-bond donors (Lipinski definition) is 1. The number of rotatable bonds is 3. The normalized spacial score (nSPS) is 24.3. The van der Waals surface area contributed by atoms with Gasteiger partial charge < -0.3 is 10.1 Å². The van der Waals surface area contributed by atoms with E-state index in [1.165, 1.54) is 4.88 Å². The molecule has 15 heavy (non-hydrogen) atoms.